The minimum absolute atomic E-state index is 0. The van der Waals surface area contributed by atoms with Gasteiger partial charge in [0.25, 0.3) is 0 Å². The Morgan fingerprint density at radius 1 is 1.26 bits per heavy atom. The molecule has 0 fully saturated rings. The molecule has 5 heteroatoms. The molecule has 1 aromatic carbocycles. The molecule has 0 spiro atoms. The molecule has 0 aromatic heterocycles. The second-order valence-corrected chi connectivity index (χ2v) is 5.43. The Morgan fingerprint density at radius 3 is 2.26 bits per heavy atom. The van der Waals surface area contributed by atoms with Gasteiger partial charge in [-0.3, -0.25) is 4.48 Å². The Kier molecular flexibility index (Phi) is 6.79. The largest absolute Gasteiger partial charge is 1.00 e. The van der Waals surface area contributed by atoms with Crippen LogP contribution in [0, 0.1) is 0 Å². The summed E-state index contributed by atoms with van der Waals surface area (Å²) < 4.78 is 6.06. The van der Waals surface area contributed by atoms with E-state index in [1.807, 2.05) is 33.3 Å². The lowest BCUT2D eigenvalue weighted by Crippen LogP contribution is -3.00. The maximum absolute atomic E-state index is 11.7. The van der Waals surface area contributed by atoms with Gasteiger partial charge in [0.05, 0.1) is 21.1 Å². The monoisotopic (exact) mass is 378 g/mol. The first-order chi connectivity index (χ1) is 8.25. The maximum atomic E-state index is 11.7. The van der Waals surface area contributed by atoms with E-state index in [-0.39, 0.29) is 30.1 Å². The summed E-state index contributed by atoms with van der Waals surface area (Å²) in [6, 6.07) is 6.04. The van der Waals surface area contributed by atoms with Crippen LogP contribution in [0.5, 0.6) is 5.75 Å². The molecular formula is C14H23IN2O2. The molecule has 0 aliphatic heterocycles. The first-order valence-electron chi connectivity index (χ1n) is 6.09. The lowest BCUT2D eigenvalue weighted by atomic mass is 10.1. The number of quaternary nitrogens is 1. The molecule has 1 aromatic rings. The van der Waals surface area contributed by atoms with Gasteiger partial charge in [-0.05, 0) is 18.1 Å². The summed E-state index contributed by atoms with van der Waals surface area (Å²) in [4.78, 5) is 13.1. The van der Waals surface area contributed by atoms with Crippen LogP contribution in [0.25, 0.3) is 0 Å². The molecule has 0 saturated carbocycles. The van der Waals surface area contributed by atoms with E-state index in [0.29, 0.717) is 10.2 Å². The summed E-state index contributed by atoms with van der Waals surface area (Å²) in [5.41, 5.74) is 2.15. The maximum Gasteiger partial charge on any atom is 0.414 e. The third-order valence-corrected chi connectivity index (χ3v) is 2.72. The van der Waals surface area contributed by atoms with E-state index in [2.05, 4.69) is 13.0 Å². The van der Waals surface area contributed by atoms with Crippen LogP contribution in [0.1, 0.15) is 12.5 Å². The van der Waals surface area contributed by atoms with Gasteiger partial charge in [0, 0.05) is 20.2 Å². The van der Waals surface area contributed by atoms with Crippen LogP contribution < -0.4 is 33.2 Å². The topological polar surface area (TPSA) is 29.5 Å². The van der Waals surface area contributed by atoms with Crippen molar-refractivity contribution in [3.05, 3.63) is 23.8 Å². The van der Waals surface area contributed by atoms with Crippen LogP contribution in [0.2, 0.25) is 0 Å². The van der Waals surface area contributed by atoms with Gasteiger partial charge < -0.3 is 33.6 Å². The van der Waals surface area contributed by atoms with E-state index in [9.17, 15) is 4.79 Å². The van der Waals surface area contributed by atoms with Gasteiger partial charge in [-0.25, -0.2) is 4.79 Å². The number of benzene rings is 1. The first kappa shape index (κ1) is 18.2. The number of ether oxygens (including phenoxy) is 1. The van der Waals surface area contributed by atoms with Crippen molar-refractivity contribution in [3.63, 3.8) is 0 Å². The highest BCUT2D eigenvalue weighted by molar-refractivity contribution is 5.73. The Labute approximate surface area is 132 Å². The van der Waals surface area contributed by atoms with Crippen molar-refractivity contribution < 1.29 is 33.5 Å². The molecule has 1 rings (SSSR count). The van der Waals surface area contributed by atoms with Crippen molar-refractivity contribution in [1.82, 2.24) is 9.38 Å². The highest BCUT2D eigenvalue weighted by Crippen LogP contribution is 2.31. The third kappa shape index (κ3) is 4.99. The SMILES string of the molecule is CCc1ccc([N+](C)(C)C)c(OC(=O)N(C)C)c1.[I-]. The number of nitrogens with zero attached hydrogens (tertiary/aromatic N) is 2. The average Bonchev–Trinajstić information content (AvgIpc) is 2.27. The number of carbonyl (C=O) groups is 1. The van der Waals surface area contributed by atoms with E-state index in [1.165, 1.54) is 4.90 Å². The lowest BCUT2D eigenvalue weighted by molar-refractivity contribution is -0.00000931. The average molecular weight is 378 g/mol. The Hall–Kier alpha value is -0.820. The second-order valence-electron chi connectivity index (χ2n) is 5.43. The molecule has 0 heterocycles. The molecule has 4 nitrogen and oxygen atoms in total. The van der Waals surface area contributed by atoms with Gasteiger partial charge in [-0.15, -0.1) is 0 Å². The van der Waals surface area contributed by atoms with Crippen molar-refractivity contribution >= 4 is 11.8 Å². The molecule has 1 amide bonds. The molecule has 0 aliphatic rings. The molecule has 0 atom stereocenters. The summed E-state index contributed by atoms with van der Waals surface area (Å²) >= 11 is 0. The second kappa shape index (κ2) is 7.09. The fourth-order valence-electron chi connectivity index (χ4n) is 1.60. The number of amides is 1. The van der Waals surface area contributed by atoms with Gasteiger partial charge in [0.2, 0.25) is 0 Å². The highest BCUT2D eigenvalue weighted by Gasteiger charge is 2.21. The molecule has 0 bridgehead atoms. The highest BCUT2D eigenvalue weighted by atomic mass is 127. The fourth-order valence-corrected chi connectivity index (χ4v) is 1.60. The number of hydrogen-bond donors (Lipinski definition) is 0. The lowest BCUT2D eigenvalue weighted by Gasteiger charge is -2.26. The number of halogens is 1. The van der Waals surface area contributed by atoms with Crippen molar-refractivity contribution in [2.24, 2.45) is 0 Å². The summed E-state index contributed by atoms with van der Waals surface area (Å²) in [6.07, 6.45) is 0.571. The molecule has 0 saturated heterocycles. The summed E-state index contributed by atoms with van der Waals surface area (Å²) in [5.74, 6) is 0.639. The van der Waals surface area contributed by atoms with Crippen LogP contribution >= 0.6 is 0 Å². The van der Waals surface area contributed by atoms with Crippen LogP contribution in [-0.4, -0.2) is 46.2 Å². The minimum Gasteiger partial charge on any atom is -1.00 e. The zero-order chi connectivity index (χ0) is 13.9. The zero-order valence-electron chi connectivity index (χ0n) is 12.5. The van der Waals surface area contributed by atoms with E-state index in [4.69, 9.17) is 4.74 Å². The standard InChI is InChI=1S/C14H23N2O2.HI/c1-7-11-8-9-12(16(4,5)6)13(10-11)18-14(17)15(2)3;/h8-10H,7H2,1-6H3;1H/q+1;/p-1. The van der Waals surface area contributed by atoms with E-state index < -0.39 is 0 Å². The van der Waals surface area contributed by atoms with Crippen molar-refractivity contribution in [2.45, 2.75) is 13.3 Å². The summed E-state index contributed by atoms with van der Waals surface area (Å²) in [5, 5.41) is 0. The number of rotatable bonds is 3. The predicted octanol–water partition coefficient (Wildman–Crippen LogP) is -0.490. The number of aryl methyl sites for hydroxylation is 1. The first-order valence-corrected chi connectivity index (χ1v) is 6.09. The molecule has 0 N–H and O–H groups in total. The van der Waals surface area contributed by atoms with Crippen molar-refractivity contribution in [2.75, 3.05) is 35.2 Å². The van der Waals surface area contributed by atoms with Crippen LogP contribution in [0.4, 0.5) is 10.5 Å². The summed E-state index contributed by atoms with van der Waals surface area (Å²) in [7, 11) is 9.51. The van der Waals surface area contributed by atoms with Crippen molar-refractivity contribution in [3.8, 4) is 5.75 Å². The van der Waals surface area contributed by atoms with Gasteiger partial charge in [-0.2, -0.15) is 0 Å². The predicted molar refractivity (Wildman–Crippen MR) is 75.1 cm³/mol. The summed E-state index contributed by atoms with van der Waals surface area (Å²) in [6.45, 7) is 2.08. The number of carbonyl (C=O) groups excluding carboxylic acids is 1. The Morgan fingerprint density at radius 2 is 1.84 bits per heavy atom. The normalized spacial score (nSPS) is 10.6. The van der Waals surface area contributed by atoms with Crippen LogP contribution in [0.3, 0.4) is 0 Å². The smallest absolute Gasteiger partial charge is 0.414 e. The third-order valence-electron chi connectivity index (χ3n) is 2.72. The molecule has 0 radical (unpaired) electrons. The molecular weight excluding hydrogens is 355 g/mol. The van der Waals surface area contributed by atoms with E-state index in [0.717, 1.165) is 17.7 Å². The fraction of sp³-hybridized carbons (Fsp3) is 0.500. The Balaban J connectivity index is 0.00000324. The Bertz CT molecular complexity index is 440. The zero-order valence-corrected chi connectivity index (χ0v) is 14.7. The molecule has 0 unspecified atom stereocenters. The van der Waals surface area contributed by atoms with Crippen molar-refractivity contribution in [1.29, 1.82) is 0 Å². The van der Waals surface area contributed by atoms with E-state index >= 15 is 0 Å². The molecule has 108 valence electrons. The van der Waals surface area contributed by atoms with Gasteiger partial charge >= 0.3 is 6.09 Å². The molecule has 19 heavy (non-hydrogen) atoms. The van der Waals surface area contributed by atoms with Gasteiger partial charge in [0.1, 0.15) is 0 Å². The molecule has 0 aliphatic carbocycles. The quantitative estimate of drug-likeness (QED) is 0.525. The minimum atomic E-state index is -0.349. The number of hydrogen-bond acceptors (Lipinski definition) is 2. The van der Waals surface area contributed by atoms with Gasteiger partial charge in [-0.1, -0.05) is 13.0 Å². The van der Waals surface area contributed by atoms with E-state index in [1.54, 1.807) is 14.1 Å². The van der Waals surface area contributed by atoms with Crippen LogP contribution in [0.15, 0.2) is 18.2 Å². The van der Waals surface area contributed by atoms with Gasteiger partial charge in [0.15, 0.2) is 11.4 Å². The van der Waals surface area contributed by atoms with Crippen LogP contribution in [-0.2, 0) is 6.42 Å².